The van der Waals surface area contributed by atoms with Crippen molar-refractivity contribution in [1.82, 2.24) is 10.2 Å². The van der Waals surface area contributed by atoms with Crippen molar-refractivity contribution in [2.24, 2.45) is 10.8 Å². The molecule has 2 atom stereocenters. The molecule has 0 spiro atoms. The second kappa shape index (κ2) is 4.55. The third-order valence-corrected chi connectivity index (χ3v) is 4.91. The van der Waals surface area contributed by atoms with E-state index in [0.717, 1.165) is 12.6 Å². The molecule has 1 aliphatic heterocycles. The predicted octanol–water partition coefficient (Wildman–Crippen LogP) is 2.89. The number of hydrogen-bond acceptors (Lipinski definition) is 2. The van der Waals surface area contributed by atoms with Crippen LogP contribution in [0.1, 0.15) is 53.9 Å². The lowest BCUT2D eigenvalue weighted by molar-refractivity contribution is 0.159. The van der Waals surface area contributed by atoms with Crippen molar-refractivity contribution >= 4 is 0 Å². The highest BCUT2D eigenvalue weighted by atomic mass is 15.2. The molecule has 2 nitrogen and oxygen atoms in total. The summed E-state index contributed by atoms with van der Waals surface area (Å²) >= 11 is 0. The Hall–Kier alpha value is -0.0800. The van der Waals surface area contributed by atoms with Gasteiger partial charge in [-0.1, -0.05) is 34.6 Å². The molecule has 2 heteroatoms. The summed E-state index contributed by atoms with van der Waals surface area (Å²) in [5.74, 6) is 0. The zero-order chi connectivity index (χ0) is 12.7. The molecule has 1 heterocycles. The van der Waals surface area contributed by atoms with Crippen molar-refractivity contribution in [1.29, 1.82) is 0 Å². The maximum atomic E-state index is 3.75. The quantitative estimate of drug-likeness (QED) is 0.813. The molecular formula is C15H30N2. The van der Waals surface area contributed by atoms with Gasteiger partial charge in [0.1, 0.15) is 0 Å². The molecule has 0 aromatic rings. The summed E-state index contributed by atoms with van der Waals surface area (Å²) in [6.07, 6.45) is 4.11. The standard InChI is InChI=1S/C15H30N2/c1-6-16-13-12(7-8-15(13,4)5)17-10-9-14(2,3)11-17/h12-13,16H,6-11H2,1-5H3. The average molecular weight is 238 g/mol. The van der Waals surface area contributed by atoms with Crippen LogP contribution < -0.4 is 5.32 Å². The van der Waals surface area contributed by atoms with Gasteiger partial charge in [0.05, 0.1) is 0 Å². The van der Waals surface area contributed by atoms with Crippen LogP contribution >= 0.6 is 0 Å². The molecule has 2 fully saturated rings. The molecule has 1 N–H and O–H groups in total. The Morgan fingerprint density at radius 3 is 2.41 bits per heavy atom. The molecule has 0 amide bonds. The Labute approximate surface area is 107 Å². The molecule has 2 aliphatic rings. The molecule has 0 bridgehead atoms. The number of hydrogen-bond donors (Lipinski definition) is 1. The van der Waals surface area contributed by atoms with Gasteiger partial charge in [-0.15, -0.1) is 0 Å². The van der Waals surface area contributed by atoms with Crippen molar-refractivity contribution in [3.63, 3.8) is 0 Å². The van der Waals surface area contributed by atoms with Crippen LogP contribution in [0.3, 0.4) is 0 Å². The molecule has 1 saturated heterocycles. The highest BCUT2D eigenvalue weighted by molar-refractivity contribution is 5.03. The fourth-order valence-corrected chi connectivity index (χ4v) is 3.83. The maximum absolute atomic E-state index is 3.75. The van der Waals surface area contributed by atoms with E-state index in [2.05, 4.69) is 44.8 Å². The van der Waals surface area contributed by atoms with E-state index in [1.165, 1.54) is 32.4 Å². The smallest absolute Gasteiger partial charge is 0.0274 e. The van der Waals surface area contributed by atoms with Gasteiger partial charge in [0.15, 0.2) is 0 Å². The molecule has 100 valence electrons. The Kier molecular flexibility index (Phi) is 3.57. The van der Waals surface area contributed by atoms with Gasteiger partial charge < -0.3 is 5.32 Å². The zero-order valence-corrected chi connectivity index (χ0v) is 12.3. The molecule has 2 unspecified atom stereocenters. The van der Waals surface area contributed by atoms with Gasteiger partial charge >= 0.3 is 0 Å². The van der Waals surface area contributed by atoms with Crippen molar-refractivity contribution in [3.05, 3.63) is 0 Å². The molecule has 0 aromatic heterocycles. The van der Waals surface area contributed by atoms with Crippen LogP contribution in [-0.4, -0.2) is 36.6 Å². The van der Waals surface area contributed by atoms with Crippen molar-refractivity contribution < 1.29 is 0 Å². The van der Waals surface area contributed by atoms with Crippen LogP contribution in [0.15, 0.2) is 0 Å². The highest BCUT2D eigenvalue weighted by Gasteiger charge is 2.46. The zero-order valence-electron chi connectivity index (χ0n) is 12.3. The summed E-state index contributed by atoms with van der Waals surface area (Å²) < 4.78 is 0. The van der Waals surface area contributed by atoms with Gasteiger partial charge in [0, 0.05) is 18.6 Å². The average Bonchev–Trinajstić information content (AvgIpc) is 2.70. The second-order valence-corrected chi connectivity index (χ2v) is 7.51. The molecule has 1 aliphatic carbocycles. The van der Waals surface area contributed by atoms with E-state index in [-0.39, 0.29) is 0 Å². The van der Waals surface area contributed by atoms with Gasteiger partial charge in [0.2, 0.25) is 0 Å². The summed E-state index contributed by atoms with van der Waals surface area (Å²) in [7, 11) is 0. The largest absolute Gasteiger partial charge is 0.312 e. The van der Waals surface area contributed by atoms with Crippen LogP contribution in [-0.2, 0) is 0 Å². The second-order valence-electron chi connectivity index (χ2n) is 7.51. The number of nitrogens with zero attached hydrogens (tertiary/aromatic N) is 1. The lowest BCUT2D eigenvalue weighted by Crippen LogP contribution is -2.51. The fourth-order valence-electron chi connectivity index (χ4n) is 3.83. The number of likely N-dealkylation sites (N-methyl/N-ethyl adjacent to an activating group) is 1. The van der Waals surface area contributed by atoms with E-state index in [0.29, 0.717) is 16.9 Å². The first-order valence-corrected chi connectivity index (χ1v) is 7.33. The predicted molar refractivity (Wildman–Crippen MR) is 74.2 cm³/mol. The molecule has 1 saturated carbocycles. The summed E-state index contributed by atoms with van der Waals surface area (Å²) in [4.78, 5) is 2.75. The van der Waals surface area contributed by atoms with E-state index in [4.69, 9.17) is 0 Å². The van der Waals surface area contributed by atoms with Crippen LogP contribution in [0, 0.1) is 10.8 Å². The highest BCUT2D eigenvalue weighted by Crippen LogP contribution is 2.42. The van der Waals surface area contributed by atoms with Crippen LogP contribution in [0.5, 0.6) is 0 Å². The normalized spacial score (nSPS) is 36.5. The first kappa shape index (κ1) is 13.4. The first-order valence-electron chi connectivity index (χ1n) is 7.33. The summed E-state index contributed by atoms with van der Waals surface area (Å²) in [6, 6.07) is 1.45. The Balaban J connectivity index is 2.06. The van der Waals surface area contributed by atoms with Crippen LogP contribution in [0.4, 0.5) is 0 Å². The summed E-state index contributed by atoms with van der Waals surface area (Å²) in [5.41, 5.74) is 0.997. The molecule has 17 heavy (non-hydrogen) atoms. The lowest BCUT2D eigenvalue weighted by atomic mass is 9.86. The SMILES string of the molecule is CCNC1C(N2CCC(C)(C)C2)CCC1(C)C. The van der Waals surface area contributed by atoms with E-state index in [1.807, 2.05) is 0 Å². The van der Waals surface area contributed by atoms with Crippen molar-refractivity contribution in [2.45, 2.75) is 66.0 Å². The van der Waals surface area contributed by atoms with Gasteiger partial charge in [-0.3, -0.25) is 4.90 Å². The molecular weight excluding hydrogens is 208 g/mol. The van der Waals surface area contributed by atoms with Gasteiger partial charge in [-0.25, -0.2) is 0 Å². The first-order chi connectivity index (χ1) is 7.86. The Bertz CT molecular complexity index is 270. The van der Waals surface area contributed by atoms with Crippen LogP contribution in [0.25, 0.3) is 0 Å². The fraction of sp³-hybridized carbons (Fsp3) is 1.00. The minimum Gasteiger partial charge on any atom is -0.312 e. The monoisotopic (exact) mass is 238 g/mol. The van der Waals surface area contributed by atoms with Crippen molar-refractivity contribution in [3.8, 4) is 0 Å². The van der Waals surface area contributed by atoms with E-state index >= 15 is 0 Å². The Morgan fingerprint density at radius 2 is 1.88 bits per heavy atom. The number of likely N-dealkylation sites (tertiary alicyclic amines) is 1. The van der Waals surface area contributed by atoms with E-state index < -0.39 is 0 Å². The molecule has 0 radical (unpaired) electrons. The van der Waals surface area contributed by atoms with E-state index in [9.17, 15) is 0 Å². The van der Waals surface area contributed by atoms with Gasteiger partial charge in [-0.05, 0) is 43.2 Å². The third kappa shape index (κ3) is 2.68. The third-order valence-electron chi connectivity index (χ3n) is 4.91. The summed E-state index contributed by atoms with van der Waals surface area (Å²) in [5, 5.41) is 3.75. The Morgan fingerprint density at radius 1 is 1.18 bits per heavy atom. The van der Waals surface area contributed by atoms with Crippen LogP contribution in [0.2, 0.25) is 0 Å². The number of nitrogens with one attached hydrogen (secondary N) is 1. The van der Waals surface area contributed by atoms with Gasteiger partial charge in [-0.2, -0.15) is 0 Å². The maximum Gasteiger partial charge on any atom is 0.0274 e. The lowest BCUT2D eigenvalue weighted by Gasteiger charge is -2.36. The minimum atomic E-state index is 0.466. The topological polar surface area (TPSA) is 15.3 Å². The van der Waals surface area contributed by atoms with Gasteiger partial charge in [0.25, 0.3) is 0 Å². The minimum absolute atomic E-state index is 0.466. The molecule has 2 rings (SSSR count). The molecule has 0 aromatic carbocycles. The van der Waals surface area contributed by atoms with E-state index in [1.54, 1.807) is 0 Å². The number of rotatable bonds is 3. The summed E-state index contributed by atoms with van der Waals surface area (Å²) in [6.45, 7) is 15.6. The van der Waals surface area contributed by atoms with Crippen molar-refractivity contribution in [2.75, 3.05) is 19.6 Å².